The standard InChI is InChI=1S/C18H17F3N2O4S.ClH/c19-18(20,21)12-6-7-15(13(22)8-12)28-10-14(16(24)25)23-17(26)27-9-11-4-2-1-3-5-11;/h1-8,14H,9-10,22H2,(H,23,26)(H,24,25);1H/t14-;/m0./s1. The zero-order valence-corrected chi connectivity index (χ0v) is 16.4. The van der Waals surface area contributed by atoms with Gasteiger partial charge in [0.25, 0.3) is 0 Å². The van der Waals surface area contributed by atoms with Gasteiger partial charge in [-0.2, -0.15) is 13.2 Å². The lowest BCUT2D eigenvalue weighted by Gasteiger charge is -2.15. The van der Waals surface area contributed by atoms with E-state index >= 15 is 0 Å². The van der Waals surface area contributed by atoms with Gasteiger partial charge in [0.05, 0.1) is 5.56 Å². The number of carboxylic acid groups (broad SMARTS) is 1. The summed E-state index contributed by atoms with van der Waals surface area (Å²) < 4.78 is 42.9. The number of ether oxygens (including phenoxy) is 1. The van der Waals surface area contributed by atoms with Gasteiger partial charge in [0.2, 0.25) is 0 Å². The summed E-state index contributed by atoms with van der Waals surface area (Å²) in [6.07, 6.45) is -5.44. The molecule has 2 aromatic rings. The molecule has 0 saturated heterocycles. The molecule has 0 aromatic heterocycles. The Morgan fingerprint density at radius 2 is 1.83 bits per heavy atom. The predicted molar refractivity (Wildman–Crippen MR) is 105 cm³/mol. The topological polar surface area (TPSA) is 102 Å². The van der Waals surface area contributed by atoms with Gasteiger partial charge in [0.15, 0.2) is 0 Å². The average molecular weight is 451 g/mol. The second-order valence-electron chi connectivity index (χ2n) is 5.66. The number of alkyl halides is 3. The molecule has 0 bridgehead atoms. The molecule has 11 heteroatoms. The molecule has 0 aliphatic carbocycles. The number of alkyl carbamates (subject to hydrolysis) is 1. The quantitative estimate of drug-likeness (QED) is 0.432. The maximum Gasteiger partial charge on any atom is 0.416 e. The second kappa shape index (κ2) is 10.8. The minimum absolute atomic E-state index is 0. The van der Waals surface area contributed by atoms with Crippen molar-refractivity contribution in [3.8, 4) is 0 Å². The molecular weight excluding hydrogens is 433 g/mol. The van der Waals surface area contributed by atoms with Crippen LogP contribution < -0.4 is 11.1 Å². The Morgan fingerprint density at radius 1 is 1.17 bits per heavy atom. The van der Waals surface area contributed by atoms with Gasteiger partial charge in [-0.1, -0.05) is 30.3 Å². The van der Waals surface area contributed by atoms with Crippen molar-refractivity contribution in [2.45, 2.75) is 23.7 Å². The van der Waals surface area contributed by atoms with Crippen molar-refractivity contribution in [1.29, 1.82) is 0 Å². The van der Waals surface area contributed by atoms with Crippen molar-refractivity contribution in [1.82, 2.24) is 5.32 Å². The highest BCUT2D eigenvalue weighted by Gasteiger charge is 2.31. The first-order valence-corrected chi connectivity index (χ1v) is 8.95. The third-order valence-corrected chi connectivity index (χ3v) is 4.73. The number of carboxylic acids is 1. The van der Waals surface area contributed by atoms with E-state index in [9.17, 15) is 27.9 Å². The van der Waals surface area contributed by atoms with Gasteiger partial charge in [0.1, 0.15) is 12.6 Å². The number of amides is 1. The van der Waals surface area contributed by atoms with E-state index in [0.717, 1.165) is 35.5 Å². The number of anilines is 1. The van der Waals surface area contributed by atoms with Gasteiger partial charge >= 0.3 is 18.2 Å². The van der Waals surface area contributed by atoms with Gasteiger partial charge < -0.3 is 20.9 Å². The van der Waals surface area contributed by atoms with Crippen LogP contribution in [0.25, 0.3) is 0 Å². The Balaban J connectivity index is 0.00000420. The monoisotopic (exact) mass is 450 g/mol. The van der Waals surface area contributed by atoms with Gasteiger partial charge in [-0.25, -0.2) is 9.59 Å². The number of nitrogens with two attached hydrogens (primary N) is 1. The molecular formula is C18H18ClF3N2O4S. The highest BCUT2D eigenvalue weighted by Crippen LogP contribution is 2.34. The number of carbonyl (C=O) groups excluding carboxylic acids is 1. The van der Waals surface area contributed by atoms with Crippen molar-refractivity contribution in [3.63, 3.8) is 0 Å². The Hall–Kier alpha value is -2.59. The number of thioether (sulfide) groups is 1. The third-order valence-electron chi connectivity index (χ3n) is 3.55. The maximum absolute atomic E-state index is 12.7. The molecule has 0 fully saturated rings. The van der Waals surface area contributed by atoms with Crippen LogP contribution in [0.15, 0.2) is 53.4 Å². The van der Waals surface area contributed by atoms with Crippen LogP contribution in [0, 0.1) is 0 Å². The van der Waals surface area contributed by atoms with Crippen LogP contribution in [0.3, 0.4) is 0 Å². The lowest BCUT2D eigenvalue weighted by molar-refractivity contribution is -0.139. The number of halogens is 4. The normalized spacial score (nSPS) is 11.8. The number of carbonyl (C=O) groups is 2. The van der Waals surface area contributed by atoms with Gasteiger partial charge in [-0.05, 0) is 23.8 Å². The minimum atomic E-state index is -4.52. The number of hydrogen-bond donors (Lipinski definition) is 3. The van der Waals surface area contributed by atoms with E-state index in [4.69, 9.17) is 10.5 Å². The molecule has 158 valence electrons. The van der Waals surface area contributed by atoms with Crippen molar-refractivity contribution in [2.75, 3.05) is 11.5 Å². The fourth-order valence-corrected chi connectivity index (χ4v) is 3.07. The zero-order valence-electron chi connectivity index (χ0n) is 14.8. The number of hydrogen-bond acceptors (Lipinski definition) is 5. The molecule has 2 aromatic carbocycles. The van der Waals surface area contributed by atoms with E-state index in [2.05, 4.69) is 5.32 Å². The van der Waals surface area contributed by atoms with E-state index < -0.39 is 29.8 Å². The predicted octanol–water partition coefficient (Wildman–Crippen LogP) is 4.18. The fraction of sp³-hybridized carbons (Fsp3) is 0.222. The Kier molecular flexibility index (Phi) is 9.12. The first kappa shape index (κ1) is 24.4. The molecule has 0 aliphatic rings. The van der Waals surface area contributed by atoms with Crippen LogP contribution in [-0.4, -0.2) is 29.0 Å². The number of nitrogen functional groups attached to an aromatic ring is 1. The van der Waals surface area contributed by atoms with Gasteiger partial charge in [-0.15, -0.1) is 24.2 Å². The van der Waals surface area contributed by atoms with Crippen molar-refractivity contribution >= 4 is 41.9 Å². The minimum Gasteiger partial charge on any atom is -0.480 e. The molecule has 0 saturated carbocycles. The van der Waals surface area contributed by atoms with Crippen LogP contribution in [-0.2, 0) is 22.3 Å². The van der Waals surface area contributed by atoms with Crippen LogP contribution in [0.4, 0.5) is 23.7 Å². The Labute approximate surface area is 175 Å². The molecule has 0 unspecified atom stereocenters. The summed E-state index contributed by atoms with van der Waals surface area (Å²) in [4.78, 5) is 23.4. The molecule has 0 spiro atoms. The molecule has 6 nitrogen and oxygen atoms in total. The smallest absolute Gasteiger partial charge is 0.416 e. The highest BCUT2D eigenvalue weighted by atomic mass is 35.5. The largest absolute Gasteiger partial charge is 0.480 e. The maximum atomic E-state index is 12.7. The molecule has 29 heavy (non-hydrogen) atoms. The van der Waals surface area contributed by atoms with E-state index in [-0.39, 0.29) is 35.3 Å². The fourth-order valence-electron chi connectivity index (χ4n) is 2.11. The molecule has 0 aliphatic heterocycles. The summed E-state index contributed by atoms with van der Waals surface area (Å²) in [5.41, 5.74) is 5.32. The average Bonchev–Trinajstić information content (AvgIpc) is 2.64. The lowest BCUT2D eigenvalue weighted by Crippen LogP contribution is -2.42. The van der Waals surface area contributed by atoms with E-state index in [0.29, 0.717) is 0 Å². The number of rotatable bonds is 7. The summed E-state index contributed by atoms with van der Waals surface area (Å²) in [7, 11) is 0. The first-order chi connectivity index (χ1) is 13.2. The summed E-state index contributed by atoms with van der Waals surface area (Å²) in [5, 5.41) is 11.5. The van der Waals surface area contributed by atoms with E-state index in [1.54, 1.807) is 30.3 Å². The lowest BCUT2D eigenvalue weighted by atomic mass is 10.2. The van der Waals surface area contributed by atoms with E-state index in [1.165, 1.54) is 0 Å². The van der Waals surface area contributed by atoms with Crippen LogP contribution in [0.1, 0.15) is 11.1 Å². The second-order valence-corrected chi connectivity index (χ2v) is 6.72. The summed E-state index contributed by atoms with van der Waals surface area (Å²) in [6, 6.07) is 10.3. The summed E-state index contributed by atoms with van der Waals surface area (Å²) in [5.74, 6) is -1.46. The Morgan fingerprint density at radius 3 is 2.38 bits per heavy atom. The Bertz CT molecular complexity index is 838. The number of aliphatic carboxylic acids is 1. The molecule has 1 amide bonds. The van der Waals surface area contributed by atoms with Gasteiger partial charge in [0, 0.05) is 16.3 Å². The summed E-state index contributed by atoms with van der Waals surface area (Å²) >= 11 is 0.916. The number of nitrogens with one attached hydrogen (secondary N) is 1. The van der Waals surface area contributed by atoms with Crippen molar-refractivity contribution in [2.24, 2.45) is 0 Å². The SMILES string of the molecule is Cl.Nc1cc(C(F)(F)F)ccc1SC[C@H](NC(=O)OCc1ccccc1)C(=O)O. The van der Waals surface area contributed by atoms with Crippen LogP contribution in [0.2, 0.25) is 0 Å². The molecule has 4 N–H and O–H groups in total. The van der Waals surface area contributed by atoms with Crippen LogP contribution in [0.5, 0.6) is 0 Å². The van der Waals surface area contributed by atoms with Gasteiger partial charge in [-0.3, -0.25) is 0 Å². The molecule has 2 rings (SSSR count). The highest BCUT2D eigenvalue weighted by molar-refractivity contribution is 7.99. The van der Waals surface area contributed by atoms with Crippen LogP contribution >= 0.6 is 24.2 Å². The molecule has 0 heterocycles. The molecule has 1 atom stereocenters. The first-order valence-electron chi connectivity index (χ1n) is 7.96. The third kappa shape index (κ3) is 7.74. The number of benzene rings is 2. The van der Waals surface area contributed by atoms with Crippen molar-refractivity contribution in [3.05, 3.63) is 59.7 Å². The summed E-state index contributed by atoms with van der Waals surface area (Å²) in [6.45, 7) is -0.0298. The van der Waals surface area contributed by atoms with Crippen molar-refractivity contribution < 1.29 is 32.6 Å². The molecule has 0 radical (unpaired) electrons. The van der Waals surface area contributed by atoms with E-state index in [1.807, 2.05) is 0 Å². The zero-order chi connectivity index (χ0) is 20.7.